The van der Waals surface area contributed by atoms with Crippen molar-refractivity contribution in [3.8, 4) is 0 Å². The molecular formula is C11H7Cl2NO2. The van der Waals surface area contributed by atoms with E-state index in [4.69, 9.17) is 23.2 Å². The lowest BCUT2D eigenvalue weighted by Gasteiger charge is -2.03. The fourth-order valence-corrected chi connectivity index (χ4v) is 1.92. The van der Waals surface area contributed by atoms with E-state index in [9.17, 15) is 4.79 Å². The Morgan fingerprint density at radius 1 is 1.31 bits per heavy atom. The second kappa shape index (κ2) is 4.28. The Hall–Kier alpha value is -1.32. The predicted molar refractivity (Wildman–Crippen MR) is 63.1 cm³/mol. The minimum atomic E-state index is -0.417. The molecular weight excluding hydrogens is 249 g/mol. The van der Waals surface area contributed by atoms with E-state index in [-0.39, 0.29) is 0 Å². The highest BCUT2D eigenvalue weighted by Crippen LogP contribution is 2.25. The number of fused-ring (bicyclic) bond motifs is 1. The Labute approximate surface area is 102 Å². The normalized spacial score (nSPS) is 10.4. The van der Waals surface area contributed by atoms with Crippen LogP contribution in [-0.2, 0) is 4.74 Å². The molecule has 5 heteroatoms. The first-order valence-electron chi connectivity index (χ1n) is 4.46. The van der Waals surface area contributed by atoms with Gasteiger partial charge in [-0.25, -0.2) is 9.78 Å². The minimum Gasteiger partial charge on any atom is -0.465 e. The summed E-state index contributed by atoms with van der Waals surface area (Å²) in [4.78, 5) is 15.4. The summed E-state index contributed by atoms with van der Waals surface area (Å²) in [5, 5.41) is 1.55. The van der Waals surface area contributed by atoms with Gasteiger partial charge >= 0.3 is 5.97 Å². The van der Waals surface area contributed by atoms with Crippen LogP contribution in [0.3, 0.4) is 0 Å². The SMILES string of the molecule is COC(=O)c1ccc2c(Cl)cc(Cl)nc2c1. The number of pyridine rings is 1. The van der Waals surface area contributed by atoms with Gasteiger partial charge < -0.3 is 4.74 Å². The second-order valence-corrected chi connectivity index (χ2v) is 3.94. The minimum absolute atomic E-state index is 0.291. The number of methoxy groups -OCH3 is 1. The van der Waals surface area contributed by atoms with Gasteiger partial charge in [-0.15, -0.1) is 0 Å². The van der Waals surface area contributed by atoms with Gasteiger partial charge in [-0.1, -0.05) is 29.3 Å². The molecule has 0 atom stereocenters. The molecule has 0 saturated carbocycles. The van der Waals surface area contributed by atoms with Crippen molar-refractivity contribution < 1.29 is 9.53 Å². The van der Waals surface area contributed by atoms with Gasteiger partial charge in [0.1, 0.15) is 5.15 Å². The largest absolute Gasteiger partial charge is 0.465 e. The monoisotopic (exact) mass is 255 g/mol. The zero-order chi connectivity index (χ0) is 11.7. The molecule has 0 bridgehead atoms. The lowest BCUT2D eigenvalue weighted by molar-refractivity contribution is 0.0601. The van der Waals surface area contributed by atoms with Crippen LogP contribution in [-0.4, -0.2) is 18.1 Å². The van der Waals surface area contributed by atoms with E-state index in [1.165, 1.54) is 7.11 Å². The van der Waals surface area contributed by atoms with Gasteiger partial charge in [-0.05, 0) is 18.2 Å². The van der Waals surface area contributed by atoms with Gasteiger partial charge in [-0.3, -0.25) is 0 Å². The quantitative estimate of drug-likeness (QED) is 0.580. The van der Waals surface area contributed by atoms with Crippen molar-refractivity contribution >= 4 is 40.1 Å². The van der Waals surface area contributed by atoms with Gasteiger partial charge in [0.2, 0.25) is 0 Å². The fraction of sp³-hybridized carbons (Fsp3) is 0.0909. The van der Waals surface area contributed by atoms with Crippen LogP contribution in [0.2, 0.25) is 10.2 Å². The molecule has 2 aromatic rings. The number of ether oxygens (including phenoxy) is 1. The van der Waals surface area contributed by atoms with Crippen LogP contribution in [0.1, 0.15) is 10.4 Å². The second-order valence-electron chi connectivity index (χ2n) is 3.15. The highest BCUT2D eigenvalue weighted by atomic mass is 35.5. The molecule has 1 aromatic carbocycles. The lowest BCUT2D eigenvalue weighted by atomic mass is 10.1. The summed E-state index contributed by atoms with van der Waals surface area (Å²) in [7, 11) is 1.32. The highest BCUT2D eigenvalue weighted by molar-refractivity contribution is 6.37. The highest BCUT2D eigenvalue weighted by Gasteiger charge is 2.09. The summed E-state index contributed by atoms with van der Waals surface area (Å²) >= 11 is 11.8. The Bertz CT molecular complexity index is 569. The number of hydrogen-bond donors (Lipinski definition) is 0. The van der Waals surface area contributed by atoms with E-state index >= 15 is 0 Å². The summed E-state index contributed by atoms with van der Waals surface area (Å²) in [5.74, 6) is -0.417. The van der Waals surface area contributed by atoms with Crippen LogP contribution in [0.25, 0.3) is 10.9 Å². The van der Waals surface area contributed by atoms with Crippen LogP contribution >= 0.6 is 23.2 Å². The average molecular weight is 256 g/mol. The maximum atomic E-state index is 11.3. The zero-order valence-electron chi connectivity index (χ0n) is 8.33. The summed E-state index contributed by atoms with van der Waals surface area (Å²) in [6.07, 6.45) is 0. The average Bonchev–Trinajstić information content (AvgIpc) is 2.27. The Balaban J connectivity index is 2.66. The molecule has 1 aromatic heterocycles. The van der Waals surface area contributed by atoms with Gasteiger partial charge in [0.25, 0.3) is 0 Å². The molecule has 2 rings (SSSR count). The van der Waals surface area contributed by atoms with E-state index in [1.807, 2.05) is 0 Å². The third-order valence-corrected chi connectivity index (χ3v) is 2.66. The smallest absolute Gasteiger partial charge is 0.337 e. The number of aromatic nitrogens is 1. The third kappa shape index (κ3) is 1.96. The first-order valence-corrected chi connectivity index (χ1v) is 5.21. The van der Waals surface area contributed by atoms with Crippen molar-refractivity contribution in [1.29, 1.82) is 0 Å². The van der Waals surface area contributed by atoms with Crippen LogP contribution in [0, 0.1) is 0 Å². The molecule has 0 amide bonds. The Morgan fingerprint density at radius 2 is 2.06 bits per heavy atom. The molecule has 0 aliphatic rings. The van der Waals surface area contributed by atoms with Crippen LogP contribution in [0.5, 0.6) is 0 Å². The Morgan fingerprint density at radius 3 is 2.75 bits per heavy atom. The van der Waals surface area contributed by atoms with Crippen molar-refractivity contribution in [3.05, 3.63) is 40.0 Å². The topological polar surface area (TPSA) is 39.2 Å². The maximum Gasteiger partial charge on any atom is 0.337 e. The van der Waals surface area contributed by atoms with Crippen molar-refractivity contribution in [2.24, 2.45) is 0 Å². The van der Waals surface area contributed by atoms with E-state index in [0.717, 1.165) is 5.39 Å². The summed E-state index contributed by atoms with van der Waals surface area (Å²) in [6, 6.07) is 6.51. The molecule has 0 N–H and O–H groups in total. The van der Waals surface area contributed by atoms with Crippen molar-refractivity contribution in [3.63, 3.8) is 0 Å². The molecule has 82 valence electrons. The number of halogens is 2. The number of carbonyl (C=O) groups is 1. The van der Waals surface area contributed by atoms with Gasteiger partial charge in [0.05, 0.1) is 23.2 Å². The van der Waals surface area contributed by atoms with Crippen molar-refractivity contribution in [1.82, 2.24) is 4.98 Å². The fourth-order valence-electron chi connectivity index (χ4n) is 1.40. The van der Waals surface area contributed by atoms with Crippen molar-refractivity contribution in [2.75, 3.05) is 7.11 Å². The third-order valence-electron chi connectivity index (χ3n) is 2.15. The summed E-state index contributed by atoms with van der Waals surface area (Å²) in [6.45, 7) is 0. The summed E-state index contributed by atoms with van der Waals surface area (Å²) in [5.41, 5.74) is 0.987. The lowest BCUT2D eigenvalue weighted by Crippen LogP contribution is -2.00. The van der Waals surface area contributed by atoms with E-state index < -0.39 is 5.97 Å². The van der Waals surface area contributed by atoms with Gasteiger partial charge in [-0.2, -0.15) is 0 Å². The maximum absolute atomic E-state index is 11.3. The predicted octanol–water partition coefficient (Wildman–Crippen LogP) is 3.33. The molecule has 0 unspecified atom stereocenters. The number of rotatable bonds is 1. The number of nitrogens with zero attached hydrogens (tertiary/aromatic N) is 1. The van der Waals surface area contributed by atoms with Gasteiger partial charge in [0.15, 0.2) is 0 Å². The molecule has 0 aliphatic carbocycles. The number of esters is 1. The van der Waals surface area contributed by atoms with Crippen LogP contribution < -0.4 is 0 Å². The van der Waals surface area contributed by atoms with Crippen LogP contribution in [0.4, 0.5) is 0 Å². The molecule has 0 radical (unpaired) electrons. The van der Waals surface area contributed by atoms with Gasteiger partial charge in [0, 0.05) is 5.39 Å². The molecule has 0 spiro atoms. The summed E-state index contributed by atoms with van der Waals surface area (Å²) < 4.78 is 4.61. The molecule has 1 heterocycles. The van der Waals surface area contributed by atoms with Crippen LogP contribution in [0.15, 0.2) is 24.3 Å². The first kappa shape index (κ1) is 11.2. The molecule has 0 fully saturated rings. The first-order chi connectivity index (χ1) is 7.61. The molecule has 16 heavy (non-hydrogen) atoms. The number of benzene rings is 1. The number of hydrogen-bond acceptors (Lipinski definition) is 3. The molecule has 0 aliphatic heterocycles. The molecule has 3 nitrogen and oxygen atoms in total. The van der Waals surface area contributed by atoms with E-state index in [1.54, 1.807) is 24.3 Å². The molecule has 0 saturated heterocycles. The van der Waals surface area contributed by atoms with E-state index in [2.05, 4.69) is 9.72 Å². The number of carbonyl (C=O) groups excluding carboxylic acids is 1. The van der Waals surface area contributed by atoms with Crippen molar-refractivity contribution in [2.45, 2.75) is 0 Å². The van der Waals surface area contributed by atoms with E-state index in [0.29, 0.717) is 21.3 Å². The standard InChI is InChI=1S/C11H7Cl2NO2/c1-16-11(15)6-2-3-7-8(12)5-10(13)14-9(7)4-6/h2-5H,1H3. The zero-order valence-corrected chi connectivity index (χ0v) is 9.84. The Kier molecular flexibility index (Phi) is 2.99.